The zero-order valence-electron chi connectivity index (χ0n) is 12.6. The molecule has 0 saturated carbocycles. The van der Waals surface area contributed by atoms with Crippen LogP contribution in [0.2, 0.25) is 0 Å². The summed E-state index contributed by atoms with van der Waals surface area (Å²) >= 11 is 0. The topological polar surface area (TPSA) is 89.5 Å². The van der Waals surface area contributed by atoms with Gasteiger partial charge in [-0.2, -0.15) is 0 Å². The summed E-state index contributed by atoms with van der Waals surface area (Å²) in [4.78, 5) is 23.6. The number of rotatable bonds is 4. The molecule has 1 N–H and O–H groups in total. The van der Waals surface area contributed by atoms with Gasteiger partial charge in [0.25, 0.3) is 5.91 Å². The Morgan fingerprint density at radius 2 is 2.05 bits per heavy atom. The fraction of sp³-hybridized carbons (Fsp3) is 0.467. The molecular formula is C15H19NO5S. The first kappa shape index (κ1) is 16.5. The largest absolute Gasteiger partial charge is 0.452 e. The third-order valence-electron chi connectivity index (χ3n) is 3.53. The highest BCUT2D eigenvalue weighted by molar-refractivity contribution is 7.91. The maximum absolute atomic E-state index is 11.9. The van der Waals surface area contributed by atoms with Gasteiger partial charge < -0.3 is 10.1 Å². The molecule has 1 saturated heterocycles. The molecule has 0 aliphatic carbocycles. The van der Waals surface area contributed by atoms with Gasteiger partial charge in [0.1, 0.15) is 0 Å². The lowest BCUT2D eigenvalue weighted by atomic mass is 10.1. The fourth-order valence-electron chi connectivity index (χ4n) is 2.43. The summed E-state index contributed by atoms with van der Waals surface area (Å²) in [7, 11) is -3.05. The van der Waals surface area contributed by atoms with Crippen molar-refractivity contribution in [2.45, 2.75) is 26.3 Å². The average molecular weight is 325 g/mol. The lowest BCUT2D eigenvalue weighted by Gasteiger charge is -2.11. The molecule has 1 aromatic carbocycles. The molecule has 1 amide bonds. The van der Waals surface area contributed by atoms with E-state index in [0.29, 0.717) is 12.0 Å². The summed E-state index contributed by atoms with van der Waals surface area (Å²) in [6.07, 6.45) is 0.402. The number of carbonyl (C=O) groups is 2. The summed E-state index contributed by atoms with van der Waals surface area (Å²) in [5.74, 6) is -1.02. The second-order valence-corrected chi connectivity index (χ2v) is 7.79. The van der Waals surface area contributed by atoms with Crippen LogP contribution in [0.3, 0.4) is 0 Å². The number of hydrogen-bond donors (Lipinski definition) is 1. The molecule has 2 rings (SSSR count). The van der Waals surface area contributed by atoms with Gasteiger partial charge in [-0.15, -0.1) is 0 Å². The number of benzene rings is 1. The lowest BCUT2D eigenvalue weighted by molar-refractivity contribution is -0.124. The predicted molar refractivity (Wildman–Crippen MR) is 81.4 cm³/mol. The number of nitrogens with one attached hydrogen (secondary N) is 1. The van der Waals surface area contributed by atoms with E-state index < -0.39 is 34.4 Å². The van der Waals surface area contributed by atoms with E-state index in [2.05, 4.69) is 5.32 Å². The normalized spacial score (nSPS) is 19.6. The number of carbonyl (C=O) groups excluding carboxylic acids is 2. The Kier molecular flexibility index (Phi) is 4.85. The second-order valence-electron chi connectivity index (χ2n) is 5.56. The highest BCUT2D eigenvalue weighted by Crippen LogP contribution is 2.13. The first-order valence-electron chi connectivity index (χ1n) is 7.01. The maximum Gasteiger partial charge on any atom is 0.338 e. The number of hydrogen-bond acceptors (Lipinski definition) is 5. The first-order valence-corrected chi connectivity index (χ1v) is 8.83. The van der Waals surface area contributed by atoms with Crippen molar-refractivity contribution >= 4 is 21.7 Å². The van der Waals surface area contributed by atoms with Crippen molar-refractivity contribution in [3.05, 3.63) is 34.9 Å². The predicted octanol–water partition coefficient (Wildman–Crippen LogP) is 0.764. The molecular weight excluding hydrogens is 306 g/mol. The molecule has 0 spiro atoms. The molecule has 120 valence electrons. The van der Waals surface area contributed by atoms with E-state index in [9.17, 15) is 18.0 Å². The first-order chi connectivity index (χ1) is 10.3. The number of esters is 1. The SMILES string of the molecule is Cc1ccc(C(=O)OCC(=O)N[C@H]2CCS(=O)(=O)C2)c(C)c1. The minimum Gasteiger partial charge on any atom is -0.452 e. The van der Waals surface area contributed by atoms with Crippen LogP contribution in [0.5, 0.6) is 0 Å². The third-order valence-corrected chi connectivity index (χ3v) is 5.30. The maximum atomic E-state index is 11.9. The average Bonchev–Trinajstić information content (AvgIpc) is 2.75. The molecule has 0 aromatic heterocycles. The van der Waals surface area contributed by atoms with Crippen LogP contribution in [0.25, 0.3) is 0 Å². The van der Waals surface area contributed by atoms with Gasteiger partial charge in [-0.05, 0) is 31.9 Å². The van der Waals surface area contributed by atoms with Crippen LogP contribution < -0.4 is 5.32 Å². The second kappa shape index (κ2) is 6.48. The van der Waals surface area contributed by atoms with Gasteiger partial charge in [0.2, 0.25) is 0 Å². The molecule has 6 nitrogen and oxygen atoms in total. The van der Waals surface area contributed by atoms with Gasteiger partial charge in [-0.3, -0.25) is 4.79 Å². The summed E-state index contributed by atoms with van der Waals surface area (Å²) in [6, 6.07) is 4.93. The van der Waals surface area contributed by atoms with Crippen LogP contribution in [0.4, 0.5) is 0 Å². The Balaban J connectivity index is 1.84. The number of sulfone groups is 1. The van der Waals surface area contributed by atoms with Crippen molar-refractivity contribution in [1.29, 1.82) is 0 Å². The van der Waals surface area contributed by atoms with Gasteiger partial charge in [0.15, 0.2) is 16.4 Å². The standard InChI is InChI=1S/C15H19NO5S/c1-10-3-4-13(11(2)7-10)15(18)21-8-14(17)16-12-5-6-22(19,20)9-12/h3-4,7,12H,5-6,8-9H2,1-2H3,(H,16,17)/t12-/m0/s1. The van der Waals surface area contributed by atoms with Crippen molar-refractivity contribution in [3.8, 4) is 0 Å². The van der Waals surface area contributed by atoms with E-state index in [1.165, 1.54) is 0 Å². The van der Waals surface area contributed by atoms with Crippen molar-refractivity contribution in [2.24, 2.45) is 0 Å². The monoisotopic (exact) mass is 325 g/mol. The molecule has 0 radical (unpaired) electrons. The van der Waals surface area contributed by atoms with Crippen LogP contribution in [0.1, 0.15) is 27.9 Å². The molecule has 0 bridgehead atoms. The summed E-state index contributed by atoms with van der Waals surface area (Å²) in [5, 5.41) is 2.57. The van der Waals surface area contributed by atoms with E-state index >= 15 is 0 Å². The van der Waals surface area contributed by atoms with E-state index in [4.69, 9.17) is 4.74 Å². The number of amides is 1. The Morgan fingerprint density at radius 3 is 2.64 bits per heavy atom. The summed E-state index contributed by atoms with van der Waals surface area (Å²) in [6.45, 7) is 3.31. The highest BCUT2D eigenvalue weighted by atomic mass is 32.2. The quantitative estimate of drug-likeness (QED) is 0.826. The molecule has 1 aliphatic heterocycles. The van der Waals surface area contributed by atoms with Crippen LogP contribution in [0.15, 0.2) is 18.2 Å². The molecule has 22 heavy (non-hydrogen) atoms. The molecule has 1 heterocycles. The zero-order chi connectivity index (χ0) is 16.3. The van der Waals surface area contributed by atoms with Crippen molar-refractivity contribution in [2.75, 3.05) is 18.1 Å². The van der Waals surface area contributed by atoms with Gasteiger partial charge in [0.05, 0.1) is 17.1 Å². The van der Waals surface area contributed by atoms with Crippen LogP contribution >= 0.6 is 0 Å². The smallest absolute Gasteiger partial charge is 0.338 e. The van der Waals surface area contributed by atoms with Crippen molar-refractivity contribution < 1.29 is 22.7 Å². The van der Waals surface area contributed by atoms with Gasteiger partial charge in [-0.25, -0.2) is 13.2 Å². The Labute approximate surface area is 129 Å². The van der Waals surface area contributed by atoms with Gasteiger partial charge in [0, 0.05) is 6.04 Å². The molecule has 1 atom stereocenters. The van der Waals surface area contributed by atoms with E-state index in [1.807, 2.05) is 13.0 Å². The lowest BCUT2D eigenvalue weighted by Crippen LogP contribution is -2.38. The number of ether oxygens (including phenoxy) is 1. The van der Waals surface area contributed by atoms with Crippen LogP contribution in [0, 0.1) is 13.8 Å². The van der Waals surface area contributed by atoms with E-state index in [-0.39, 0.29) is 11.5 Å². The zero-order valence-corrected chi connectivity index (χ0v) is 13.4. The molecule has 7 heteroatoms. The molecule has 1 fully saturated rings. The molecule has 1 aliphatic rings. The molecule has 0 unspecified atom stereocenters. The summed E-state index contributed by atoms with van der Waals surface area (Å²) < 4.78 is 27.6. The third kappa shape index (κ3) is 4.30. The number of aryl methyl sites for hydroxylation is 2. The van der Waals surface area contributed by atoms with E-state index in [0.717, 1.165) is 11.1 Å². The summed E-state index contributed by atoms with van der Waals surface area (Å²) in [5.41, 5.74) is 2.24. The van der Waals surface area contributed by atoms with Crippen LogP contribution in [-0.4, -0.2) is 44.4 Å². The fourth-order valence-corrected chi connectivity index (χ4v) is 4.10. The minimum atomic E-state index is -3.05. The van der Waals surface area contributed by atoms with E-state index in [1.54, 1.807) is 19.1 Å². The highest BCUT2D eigenvalue weighted by Gasteiger charge is 2.29. The van der Waals surface area contributed by atoms with Crippen molar-refractivity contribution in [1.82, 2.24) is 5.32 Å². The van der Waals surface area contributed by atoms with Crippen molar-refractivity contribution in [3.63, 3.8) is 0 Å². The van der Waals surface area contributed by atoms with Gasteiger partial charge in [-0.1, -0.05) is 17.7 Å². The minimum absolute atomic E-state index is 0.0518. The molecule has 1 aromatic rings. The Bertz CT molecular complexity index is 696. The van der Waals surface area contributed by atoms with Crippen LogP contribution in [-0.2, 0) is 19.4 Å². The Hall–Kier alpha value is -1.89. The van der Waals surface area contributed by atoms with Gasteiger partial charge >= 0.3 is 5.97 Å². The Morgan fingerprint density at radius 1 is 1.32 bits per heavy atom.